The number of aliphatic hydroxyl groups excluding tert-OH is 1. The molecule has 1 aliphatic rings. The van der Waals surface area contributed by atoms with Crippen molar-refractivity contribution in [3.63, 3.8) is 0 Å². The molecule has 1 unspecified atom stereocenters. The lowest BCUT2D eigenvalue weighted by Crippen LogP contribution is -2.55. The van der Waals surface area contributed by atoms with E-state index in [9.17, 15) is 5.11 Å². The molecule has 1 saturated heterocycles. The maximum absolute atomic E-state index is 9.76. The fourth-order valence-corrected chi connectivity index (χ4v) is 1.88. The lowest BCUT2D eigenvalue weighted by atomic mass is 9.86. The van der Waals surface area contributed by atoms with E-state index in [1.54, 1.807) is 7.11 Å². The zero-order chi connectivity index (χ0) is 9.35. The van der Waals surface area contributed by atoms with E-state index in [-0.39, 0.29) is 12.2 Å². The molecular weight excluding hydrogens is 156 g/mol. The van der Waals surface area contributed by atoms with Crippen LogP contribution in [-0.4, -0.2) is 36.1 Å². The van der Waals surface area contributed by atoms with Crippen LogP contribution in [0.5, 0.6) is 0 Å². The summed E-state index contributed by atoms with van der Waals surface area (Å²) in [5.41, 5.74) is -0.447. The summed E-state index contributed by atoms with van der Waals surface area (Å²) in [6.45, 7) is 5.80. The van der Waals surface area contributed by atoms with Gasteiger partial charge in [-0.05, 0) is 20.8 Å². The number of aliphatic hydroxyl groups is 1. The Kier molecular flexibility index (Phi) is 2.76. The van der Waals surface area contributed by atoms with Gasteiger partial charge in [-0.15, -0.1) is 0 Å². The summed E-state index contributed by atoms with van der Waals surface area (Å²) in [4.78, 5) is 0. The Labute approximate surface area is 73.7 Å². The second-order valence-electron chi connectivity index (χ2n) is 3.82. The third-order valence-electron chi connectivity index (χ3n) is 2.68. The lowest BCUT2D eigenvalue weighted by Gasteiger charge is -2.43. The molecule has 0 bridgehead atoms. The van der Waals surface area contributed by atoms with Gasteiger partial charge in [0.25, 0.3) is 0 Å². The van der Waals surface area contributed by atoms with E-state index in [4.69, 9.17) is 9.47 Å². The normalized spacial score (nSPS) is 49.2. The van der Waals surface area contributed by atoms with Crippen molar-refractivity contribution in [2.75, 3.05) is 7.11 Å². The van der Waals surface area contributed by atoms with Crippen LogP contribution in [0.1, 0.15) is 27.2 Å². The highest BCUT2D eigenvalue weighted by atomic mass is 16.5. The van der Waals surface area contributed by atoms with Gasteiger partial charge in [0, 0.05) is 13.5 Å². The van der Waals surface area contributed by atoms with Crippen molar-refractivity contribution >= 4 is 0 Å². The average molecular weight is 174 g/mol. The van der Waals surface area contributed by atoms with Gasteiger partial charge in [0.05, 0.1) is 17.8 Å². The quantitative estimate of drug-likeness (QED) is 0.643. The van der Waals surface area contributed by atoms with Crippen LogP contribution < -0.4 is 0 Å². The first-order chi connectivity index (χ1) is 5.49. The fraction of sp³-hybridized carbons (Fsp3) is 1.00. The van der Waals surface area contributed by atoms with Gasteiger partial charge in [-0.25, -0.2) is 0 Å². The summed E-state index contributed by atoms with van der Waals surface area (Å²) >= 11 is 0. The summed E-state index contributed by atoms with van der Waals surface area (Å²) in [7, 11) is 1.63. The first-order valence-corrected chi connectivity index (χ1v) is 4.38. The Morgan fingerprint density at radius 3 is 2.58 bits per heavy atom. The maximum atomic E-state index is 9.76. The van der Waals surface area contributed by atoms with Crippen LogP contribution in [-0.2, 0) is 9.47 Å². The van der Waals surface area contributed by atoms with Gasteiger partial charge in [-0.1, -0.05) is 0 Å². The van der Waals surface area contributed by atoms with Crippen LogP contribution in [0.25, 0.3) is 0 Å². The van der Waals surface area contributed by atoms with Gasteiger partial charge in [-0.3, -0.25) is 0 Å². The Hall–Kier alpha value is -0.120. The number of rotatable bonds is 1. The van der Waals surface area contributed by atoms with E-state index in [1.807, 2.05) is 20.8 Å². The summed E-state index contributed by atoms with van der Waals surface area (Å²) in [6, 6.07) is 0. The molecule has 0 saturated carbocycles. The predicted octanol–water partition coefficient (Wildman–Crippen LogP) is 0.950. The van der Waals surface area contributed by atoms with E-state index in [1.165, 1.54) is 0 Å². The van der Waals surface area contributed by atoms with Crippen LogP contribution >= 0.6 is 0 Å². The molecule has 3 heteroatoms. The van der Waals surface area contributed by atoms with Crippen molar-refractivity contribution in [3.8, 4) is 0 Å². The molecule has 4 atom stereocenters. The van der Waals surface area contributed by atoms with E-state index >= 15 is 0 Å². The molecule has 0 spiro atoms. The Bertz CT molecular complexity index is 160. The first-order valence-electron chi connectivity index (χ1n) is 4.38. The van der Waals surface area contributed by atoms with Crippen molar-refractivity contribution in [2.45, 2.75) is 51.1 Å². The van der Waals surface area contributed by atoms with E-state index < -0.39 is 11.7 Å². The largest absolute Gasteiger partial charge is 0.387 e. The topological polar surface area (TPSA) is 38.7 Å². The van der Waals surface area contributed by atoms with Crippen LogP contribution in [0.15, 0.2) is 0 Å². The van der Waals surface area contributed by atoms with Gasteiger partial charge in [0.15, 0.2) is 0 Å². The zero-order valence-electron chi connectivity index (χ0n) is 8.20. The molecule has 0 radical (unpaired) electrons. The minimum atomic E-state index is -0.529. The molecule has 0 aromatic heterocycles. The molecule has 1 heterocycles. The Balaban J connectivity index is 2.72. The molecule has 0 aromatic carbocycles. The summed E-state index contributed by atoms with van der Waals surface area (Å²) in [5, 5.41) is 9.76. The van der Waals surface area contributed by atoms with Crippen LogP contribution in [0.4, 0.5) is 0 Å². The van der Waals surface area contributed by atoms with Crippen molar-refractivity contribution in [1.82, 2.24) is 0 Å². The van der Waals surface area contributed by atoms with Gasteiger partial charge < -0.3 is 14.6 Å². The smallest absolute Gasteiger partial charge is 0.109 e. The third-order valence-corrected chi connectivity index (χ3v) is 2.68. The lowest BCUT2D eigenvalue weighted by molar-refractivity contribution is -0.210. The SMILES string of the molecule is CO[C@]1(C)CC(C)O[C@@H](C)[C@@H]1O. The van der Waals surface area contributed by atoms with Crippen LogP contribution in [0.2, 0.25) is 0 Å². The molecule has 1 rings (SSSR count). The molecule has 3 nitrogen and oxygen atoms in total. The van der Waals surface area contributed by atoms with E-state index in [2.05, 4.69) is 0 Å². The molecule has 1 aliphatic heterocycles. The molecule has 0 aromatic rings. The Morgan fingerprint density at radius 2 is 2.08 bits per heavy atom. The maximum Gasteiger partial charge on any atom is 0.109 e. The van der Waals surface area contributed by atoms with Crippen molar-refractivity contribution in [1.29, 1.82) is 0 Å². The molecule has 0 amide bonds. The molecule has 1 N–H and O–H groups in total. The number of methoxy groups -OCH3 is 1. The van der Waals surface area contributed by atoms with E-state index in [0.29, 0.717) is 0 Å². The minimum Gasteiger partial charge on any atom is -0.387 e. The van der Waals surface area contributed by atoms with Crippen LogP contribution in [0.3, 0.4) is 0 Å². The number of hydrogen-bond acceptors (Lipinski definition) is 3. The first kappa shape index (κ1) is 9.96. The summed E-state index contributed by atoms with van der Waals surface area (Å²) in [6.07, 6.45) is 0.236. The molecule has 72 valence electrons. The fourth-order valence-electron chi connectivity index (χ4n) is 1.88. The highest BCUT2D eigenvalue weighted by Crippen LogP contribution is 2.31. The average Bonchev–Trinajstić information content (AvgIpc) is 2.00. The van der Waals surface area contributed by atoms with Gasteiger partial charge in [-0.2, -0.15) is 0 Å². The molecule has 12 heavy (non-hydrogen) atoms. The van der Waals surface area contributed by atoms with Gasteiger partial charge >= 0.3 is 0 Å². The molecule has 0 aliphatic carbocycles. The standard InChI is InChI=1S/C9H18O3/c1-6-5-9(3,11-4)8(10)7(2)12-6/h6-8,10H,5H2,1-4H3/t6?,7-,8-,9+/m0/s1. The zero-order valence-corrected chi connectivity index (χ0v) is 8.20. The molecular formula is C9H18O3. The number of hydrogen-bond donors (Lipinski definition) is 1. The highest BCUT2D eigenvalue weighted by molar-refractivity contribution is 4.93. The van der Waals surface area contributed by atoms with Crippen molar-refractivity contribution < 1.29 is 14.6 Å². The van der Waals surface area contributed by atoms with Gasteiger partial charge in [0.2, 0.25) is 0 Å². The van der Waals surface area contributed by atoms with Crippen molar-refractivity contribution in [2.24, 2.45) is 0 Å². The van der Waals surface area contributed by atoms with E-state index in [0.717, 1.165) is 6.42 Å². The molecule has 1 fully saturated rings. The second kappa shape index (κ2) is 3.32. The number of ether oxygens (including phenoxy) is 2. The Morgan fingerprint density at radius 1 is 1.50 bits per heavy atom. The summed E-state index contributed by atoms with van der Waals surface area (Å²) < 4.78 is 10.8. The van der Waals surface area contributed by atoms with Gasteiger partial charge in [0.1, 0.15) is 6.10 Å². The minimum absolute atomic E-state index is 0.140. The highest BCUT2D eigenvalue weighted by Gasteiger charge is 2.43. The van der Waals surface area contributed by atoms with Crippen LogP contribution in [0, 0.1) is 0 Å². The predicted molar refractivity (Wildman–Crippen MR) is 46.0 cm³/mol. The summed E-state index contributed by atoms with van der Waals surface area (Å²) in [5.74, 6) is 0. The third kappa shape index (κ3) is 1.63. The second-order valence-corrected chi connectivity index (χ2v) is 3.82. The monoisotopic (exact) mass is 174 g/mol. The van der Waals surface area contributed by atoms with Crippen molar-refractivity contribution in [3.05, 3.63) is 0 Å².